The van der Waals surface area contributed by atoms with Crippen LogP contribution in [-0.4, -0.2) is 22.4 Å². The van der Waals surface area contributed by atoms with Gasteiger partial charge in [-0.05, 0) is 42.8 Å². The maximum Gasteiger partial charge on any atom is 0.225 e. The molecule has 0 radical (unpaired) electrons. The Morgan fingerprint density at radius 2 is 1.65 bits per heavy atom. The fourth-order valence-corrected chi connectivity index (χ4v) is 4.47. The Balaban J connectivity index is 1.48. The summed E-state index contributed by atoms with van der Waals surface area (Å²) in [6, 6.07) is 29.5. The van der Waals surface area contributed by atoms with Gasteiger partial charge in [-0.1, -0.05) is 66.2 Å². The second-order valence-corrected chi connectivity index (χ2v) is 8.94. The molecule has 0 aliphatic carbocycles. The molecule has 0 fully saturated rings. The minimum absolute atomic E-state index is 0.0915. The van der Waals surface area contributed by atoms with Gasteiger partial charge in [0.05, 0.1) is 12.8 Å². The summed E-state index contributed by atoms with van der Waals surface area (Å²) in [5, 5.41) is 3.03. The van der Waals surface area contributed by atoms with Crippen LogP contribution < -0.4 is 14.8 Å². The number of rotatable bonds is 9. The molecule has 6 nitrogen and oxygen atoms in total. The molecule has 0 saturated carbocycles. The van der Waals surface area contributed by atoms with Crippen molar-refractivity contribution >= 4 is 17.2 Å². The van der Waals surface area contributed by atoms with Crippen LogP contribution in [0.2, 0.25) is 0 Å². The molecule has 0 spiro atoms. The molecule has 0 aliphatic rings. The maximum atomic E-state index is 13.2. The standard InChI is InChI=1S/C31H29N3O3/c1-22-14-16-24(17-15-22)33-30(35)19-26(25-11-6-7-12-28(25)36-2)27-20-32-31-29(13-8-18-34(27)31)37-21-23-9-4-3-5-10-23/h3-18,20,26H,19,21H2,1-2H3,(H,33,35)/t26-/m1/s1. The number of hydrogen-bond acceptors (Lipinski definition) is 4. The van der Waals surface area contributed by atoms with Crippen LogP contribution in [0.5, 0.6) is 11.5 Å². The average molecular weight is 492 g/mol. The van der Waals surface area contributed by atoms with Crippen LogP contribution in [-0.2, 0) is 11.4 Å². The maximum absolute atomic E-state index is 13.2. The van der Waals surface area contributed by atoms with Crippen LogP contribution in [0.15, 0.2) is 103 Å². The molecule has 5 aromatic rings. The lowest BCUT2D eigenvalue weighted by Gasteiger charge is -2.20. The number of amides is 1. The van der Waals surface area contributed by atoms with E-state index in [1.807, 2.05) is 115 Å². The van der Waals surface area contributed by atoms with Gasteiger partial charge in [0, 0.05) is 36.0 Å². The fourth-order valence-electron chi connectivity index (χ4n) is 4.47. The first-order chi connectivity index (χ1) is 18.1. The second-order valence-electron chi connectivity index (χ2n) is 8.94. The summed E-state index contributed by atoms with van der Waals surface area (Å²) in [4.78, 5) is 17.9. The number of carbonyl (C=O) groups excluding carboxylic acids is 1. The quantitative estimate of drug-likeness (QED) is 0.259. The van der Waals surface area contributed by atoms with Crippen molar-refractivity contribution in [3.63, 3.8) is 0 Å². The van der Waals surface area contributed by atoms with Gasteiger partial charge in [0.2, 0.25) is 5.91 Å². The van der Waals surface area contributed by atoms with Crippen LogP contribution in [0.1, 0.15) is 34.7 Å². The highest BCUT2D eigenvalue weighted by Gasteiger charge is 2.25. The number of nitrogens with one attached hydrogen (secondary N) is 1. The number of nitrogens with zero attached hydrogens (tertiary/aromatic N) is 2. The van der Waals surface area contributed by atoms with Crippen LogP contribution in [0.4, 0.5) is 5.69 Å². The number of para-hydroxylation sites is 1. The van der Waals surface area contributed by atoms with Gasteiger partial charge in [-0.3, -0.25) is 4.79 Å². The summed E-state index contributed by atoms with van der Waals surface area (Å²) in [6.07, 6.45) is 3.99. The van der Waals surface area contributed by atoms with Crippen molar-refractivity contribution in [3.05, 3.63) is 126 Å². The van der Waals surface area contributed by atoms with E-state index in [4.69, 9.17) is 14.5 Å². The monoisotopic (exact) mass is 491 g/mol. The van der Waals surface area contributed by atoms with Crippen LogP contribution in [0.25, 0.3) is 5.65 Å². The Morgan fingerprint density at radius 1 is 0.919 bits per heavy atom. The summed E-state index contributed by atoms with van der Waals surface area (Å²) in [5.41, 5.74) is 5.48. The molecule has 1 atom stereocenters. The lowest BCUT2D eigenvalue weighted by Crippen LogP contribution is -2.18. The van der Waals surface area contributed by atoms with Gasteiger partial charge in [0.1, 0.15) is 12.4 Å². The molecule has 0 bridgehead atoms. The molecule has 0 unspecified atom stereocenters. The number of aromatic nitrogens is 2. The first kappa shape index (κ1) is 24.1. The zero-order chi connectivity index (χ0) is 25.6. The molecule has 3 aromatic carbocycles. The molecule has 2 aromatic heterocycles. The smallest absolute Gasteiger partial charge is 0.225 e. The summed E-state index contributed by atoms with van der Waals surface area (Å²) >= 11 is 0. The molecule has 0 aliphatic heterocycles. The summed E-state index contributed by atoms with van der Waals surface area (Å²) in [6.45, 7) is 2.46. The Bertz CT molecular complexity index is 1490. The van der Waals surface area contributed by atoms with Crippen molar-refractivity contribution < 1.29 is 14.3 Å². The Morgan fingerprint density at radius 3 is 2.43 bits per heavy atom. The SMILES string of the molecule is COc1ccccc1[C@@H](CC(=O)Nc1ccc(C)cc1)c1cnc2c(OCc3ccccc3)cccn12. The summed E-state index contributed by atoms with van der Waals surface area (Å²) in [7, 11) is 1.65. The predicted octanol–water partition coefficient (Wildman–Crippen LogP) is 6.39. The highest BCUT2D eigenvalue weighted by molar-refractivity contribution is 5.91. The molecule has 2 heterocycles. The number of fused-ring (bicyclic) bond motifs is 1. The van der Waals surface area contributed by atoms with Crippen molar-refractivity contribution in [2.24, 2.45) is 0 Å². The Labute approximate surface area is 216 Å². The largest absolute Gasteiger partial charge is 0.496 e. The van der Waals surface area contributed by atoms with Crippen molar-refractivity contribution in [3.8, 4) is 11.5 Å². The zero-order valence-corrected chi connectivity index (χ0v) is 20.9. The lowest BCUT2D eigenvalue weighted by molar-refractivity contribution is -0.116. The van der Waals surface area contributed by atoms with Crippen LogP contribution >= 0.6 is 0 Å². The van der Waals surface area contributed by atoms with Crippen LogP contribution in [0, 0.1) is 6.92 Å². The Hall–Kier alpha value is -4.58. The minimum atomic E-state index is -0.291. The van der Waals surface area contributed by atoms with E-state index in [0.717, 1.165) is 33.8 Å². The lowest BCUT2D eigenvalue weighted by atomic mass is 9.91. The number of imidazole rings is 1. The van der Waals surface area contributed by atoms with Crippen molar-refractivity contribution in [1.29, 1.82) is 0 Å². The number of aryl methyl sites for hydroxylation is 1. The van der Waals surface area contributed by atoms with Gasteiger partial charge in [-0.2, -0.15) is 0 Å². The number of ether oxygens (including phenoxy) is 2. The fraction of sp³-hybridized carbons (Fsp3) is 0.161. The number of benzene rings is 3. The van der Waals surface area contributed by atoms with Crippen molar-refractivity contribution in [2.75, 3.05) is 12.4 Å². The van der Waals surface area contributed by atoms with Crippen LogP contribution in [0.3, 0.4) is 0 Å². The normalized spacial score (nSPS) is 11.7. The molecule has 1 amide bonds. The van der Waals surface area contributed by atoms with Gasteiger partial charge in [0.25, 0.3) is 0 Å². The first-order valence-corrected chi connectivity index (χ1v) is 12.2. The average Bonchev–Trinajstić information content (AvgIpc) is 3.37. The number of pyridine rings is 1. The van der Waals surface area contributed by atoms with E-state index in [0.29, 0.717) is 18.0 Å². The number of hydrogen-bond donors (Lipinski definition) is 1. The Kier molecular flexibility index (Phi) is 7.17. The molecular formula is C31H29N3O3. The van der Waals surface area contributed by atoms with Gasteiger partial charge in [-0.25, -0.2) is 4.98 Å². The molecule has 6 heteroatoms. The van der Waals surface area contributed by atoms with E-state index in [9.17, 15) is 4.79 Å². The van der Waals surface area contributed by atoms with E-state index in [2.05, 4.69) is 5.32 Å². The first-order valence-electron chi connectivity index (χ1n) is 12.2. The van der Waals surface area contributed by atoms with E-state index in [-0.39, 0.29) is 18.2 Å². The summed E-state index contributed by atoms with van der Waals surface area (Å²) < 4.78 is 13.8. The summed E-state index contributed by atoms with van der Waals surface area (Å²) in [5.74, 6) is 1.02. The number of methoxy groups -OCH3 is 1. The van der Waals surface area contributed by atoms with Crippen molar-refractivity contribution in [2.45, 2.75) is 25.9 Å². The third-order valence-electron chi connectivity index (χ3n) is 6.36. The van der Waals surface area contributed by atoms with Crippen molar-refractivity contribution in [1.82, 2.24) is 9.38 Å². The van der Waals surface area contributed by atoms with E-state index in [1.165, 1.54) is 0 Å². The topological polar surface area (TPSA) is 64.9 Å². The third-order valence-corrected chi connectivity index (χ3v) is 6.36. The second kappa shape index (κ2) is 11.0. The molecule has 1 N–H and O–H groups in total. The molecule has 186 valence electrons. The zero-order valence-electron chi connectivity index (χ0n) is 20.9. The van der Waals surface area contributed by atoms with Gasteiger partial charge < -0.3 is 19.2 Å². The predicted molar refractivity (Wildman–Crippen MR) is 145 cm³/mol. The van der Waals surface area contributed by atoms with E-state index < -0.39 is 0 Å². The number of carbonyl (C=O) groups is 1. The minimum Gasteiger partial charge on any atom is -0.496 e. The van der Waals surface area contributed by atoms with Gasteiger partial charge in [0.15, 0.2) is 11.4 Å². The van der Waals surface area contributed by atoms with Gasteiger partial charge in [-0.15, -0.1) is 0 Å². The molecule has 37 heavy (non-hydrogen) atoms. The number of anilines is 1. The highest BCUT2D eigenvalue weighted by atomic mass is 16.5. The van der Waals surface area contributed by atoms with E-state index in [1.54, 1.807) is 7.11 Å². The third kappa shape index (κ3) is 5.48. The van der Waals surface area contributed by atoms with Gasteiger partial charge >= 0.3 is 0 Å². The molecule has 5 rings (SSSR count). The molecular weight excluding hydrogens is 462 g/mol. The van der Waals surface area contributed by atoms with E-state index >= 15 is 0 Å². The highest BCUT2D eigenvalue weighted by Crippen LogP contribution is 2.36. The molecule has 0 saturated heterocycles.